The van der Waals surface area contributed by atoms with E-state index in [9.17, 15) is 0 Å². The molecule has 0 radical (unpaired) electrons. The maximum atomic E-state index is 6.31. The molecule has 0 bridgehead atoms. The van der Waals surface area contributed by atoms with Gasteiger partial charge in [-0.3, -0.25) is 0 Å². The van der Waals surface area contributed by atoms with Crippen molar-refractivity contribution in [3.63, 3.8) is 0 Å². The molecular formula is C17H12ClO3+. The summed E-state index contributed by atoms with van der Waals surface area (Å²) < 4.78 is 16.8. The van der Waals surface area contributed by atoms with Crippen molar-refractivity contribution in [2.75, 3.05) is 6.79 Å². The topological polar surface area (TPSA) is 29.8 Å². The number of halogens is 1. The van der Waals surface area contributed by atoms with Crippen molar-refractivity contribution in [2.45, 2.75) is 6.92 Å². The van der Waals surface area contributed by atoms with Gasteiger partial charge < -0.3 is 9.47 Å². The molecule has 0 unspecified atom stereocenters. The lowest BCUT2D eigenvalue weighted by Crippen LogP contribution is -1.92. The molecule has 0 atom stereocenters. The number of fused-ring (bicyclic) bond motifs is 2. The van der Waals surface area contributed by atoms with Crippen molar-refractivity contribution in [2.24, 2.45) is 0 Å². The van der Waals surface area contributed by atoms with E-state index < -0.39 is 0 Å². The number of rotatable bonds is 1. The molecule has 0 aliphatic carbocycles. The lowest BCUT2D eigenvalue weighted by atomic mass is 10.0. The normalized spacial score (nSPS) is 12.9. The van der Waals surface area contributed by atoms with Crippen LogP contribution >= 0.6 is 11.6 Å². The Bertz CT molecular complexity index is 858. The summed E-state index contributed by atoms with van der Waals surface area (Å²) >= 11 is 6.31. The van der Waals surface area contributed by atoms with E-state index in [-0.39, 0.29) is 6.79 Å². The van der Waals surface area contributed by atoms with Crippen molar-refractivity contribution < 1.29 is 13.9 Å². The summed E-state index contributed by atoms with van der Waals surface area (Å²) in [4.78, 5) is 0. The highest BCUT2D eigenvalue weighted by molar-refractivity contribution is 6.33. The minimum absolute atomic E-state index is 0.253. The first-order valence-corrected chi connectivity index (χ1v) is 7.02. The first-order chi connectivity index (χ1) is 10.2. The van der Waals surface area contributed by atoms with Crippen LogP contribution in [0.1, 0.15) is 5.76 Å². The van der Waals surface area contributed by atoms with Crippen LogP contribution in [-0.4, -0.2) is 6.79 Å². The van der Waals surface area contributed by atoms with Crippen molar-refractivity contribution in [1.82, 2.24) is 0 Å². The van der Waals surface area contributed by atoms with Crippen molar-refractivity contribution >= 4 is 22.4 Å². The van der Waals surface area contributed by atoms with Crippen LogP contribution in [0.2, 0.25) is 5.02 Å². The monoisotopic (exact) mass is 299 g/mol. The third-order valence-electron chi connectivity index (χ3n) is 3.53. The summed E-state index contributed by atoms with van der Waals surface area (Å²) in [6, 6.07) is 13.5. The van der Waals surface area contributed by atoms with Crippen molar-refractivity contribution in [3.05, 3.63) is 53.2 Å². The molecule has 0 saturated heterocycles. The largest absolute Gasteiger partial charge is 0.454 e. The van der Waals surface area contributed by atoms with E-state index in [1.54, 1.807) is 0 Å². The van der Waals surface area contributed by atoms with E-state index in [2.05, 4.69) is 0 Å². The van der Waals surface area contributed by atoms with Gasteiger partial charge in [0.05, 0.1) is 22.9 Å². The first-order valence-electron chi connectivity index (χ1n) is 6.64. The number of ether oxygens (including phenoxy) is 2. The van der Waals surface area contributed by atoms with Crippen molar-refractivity contribution in [1.29, 1.82) is 0 Å². The van der Waals surface area contributed by atoms with Gasteiger partial charge in [0.2, 0.25) is 6.79 Å². The van der Waals surface area contributed by atoms with E-state index in [1.165, 1.54) is 0 Å². The zero-order chi connectivity index (χ0) is 14.4. The van der Waals surface area contributed by atoms with Crippen LogP contribution in [0, 0.1) is 6.92 Å². The number of hydrogen-bond donors (Lipinski definition) is 0. The molecule has 0 spiro atoms. The molecule has 0 saturated carbocycles. The van der Waals surface area contributed by atoms with E-state index in [4.69, 9.17) is 25.5 Å². The fourth-order valence-corrected chi connectivity index (χ4v) is 2.81. The van der Waals surface area contributed by atoms with Gasteiger partial charge in [0.25, 0.3) is 0 Å². The summed E-state index contributed by atoms with van der Waals surface area (Å²) in [6.07, 6.45) is 0. The van der Waals surface area contributed by atoms with Gasteiger partial charge in [-0.2, -0.15) is 0 Å². The maximum absolute atomic E-state index is 6.31. The van der Waals surface area contributed by atoms with Crippen LogP contribution in [0.25, 0.3) is 22.1 Å². The molecule has 0 fully saturated rings. The number of aryl methyl sites for hydroxylation is 1. The Balaban J connectivity index is 2.07. The average Bonchev–Trinajstić information content (AvgIpc) is 2.92. The lowest BCUT2D eigenvalue weighted by Gasteiger charge is -2.02. The second kappa shape index (κ2) is 4.64. The van der Waals surface area contributed by atoms with Gasteiger partial charge in [0.1, 0.15) is 0 Å². The van der Waals surface area contributed by atoms with Gasteiger partial charge in [0.15, 0.2) is 11.5 Å². The zero-order valence-electron chi connectivity index (χ0n) is 11.4. The van der Waals surface area contributed by atoms with Gasteiger partial charge >= 0.3 is 11.5 Å². The average molecular weight is 300 g/mol. The molecule has 1 aliphatic rings. The molecule has 2 heterocycles. The Morgan fingerprint density at radius 1 is 1.05 bits per heavy atom. The summed E-state index contributed by atoms with van der Waals surface area (Å²) in [5.74, 6) is 3.05. The fourth-order valence-electron chi connectivity index (χ4n) is 2.58. The lowest BCUT2D eigenvalue weighted by molar-refractivity contribution is 0.174. The fraction of sp³-hybridized carbons (Fsp3) is 0.118. The maximum Gasteiger partial charge on any atom is 0.369 e. The van der Waals surface area contributed by atoms with Crippen LogP contribution in [0.3, 0.4) is 0 Å². The van der Waals surface area contributed by atoms with Gasteiger partial charge in [-0.15, -0.1) is 0 Å². The molecule has 2 aromatic carbocycles. The van der Waals surface area contributed by atoms with E-state index in [0.29, 0.717) is 5.02 Å². The standard InChI is InChI=1S/C17H12ClO3/c1-10-6-11-7-15-16(20-9-19-15)8-13(11)17(21-10)12-4-2-3-5-14(12)18/h2-8H,9H2,1H3/q+1. The Morgan fingerprint density at radius 3 is 2.62 bits per heavy atom. The molecule has 3 aromatic rings. The molecule has 4 heteroatoms. The molecular weight excluding hydrogens is 288 g/mol. The minimum atomic E-state index is 0.253. The highest BCUT2D eigenvalue weighted by atomic mass is 35.5. The van der Waals surface area contributed by atoms with Crippen LogP contribution in [0.5, 0.6) is 11.5 Å². The van der Waals surface area contributed by atoms with Crippen LogP contribution in [0.15, 0.2) is 46.9 Å². The summed E-state index contributed by atoms with van der Waals surface area (Å²) in [7, 11) is 0. The Hall–Kier alpha value is -2.26. The molecule has 4 rings (SSSR count). The summed E-state index contributed by atoms with van der Waals surface area (Å²) in [6.45, 7) is 2.17. The van der Waals surface area contributed by atoms with Gasteiger partial charge in [0, 0.05) is 17.5 Å². The summed E-state index contributed by atoms with van der Waals surface area (Å²) in [5.41, 5.74) is 0.867. The van der Waals surface area contributed by atoms with E-state index in [0.717, 1.165) is 39.4 Å². The first kappa shape index (κ1) is 12.5. The van der Waals surface area contributed by atoms with Crippen LogP contribution in [-0.2, 0) is 0 Å². The third-order valence-corrected chi connectivity index (χ3v) is 3.86. The van der Waals surface area contributed by atoms with Crippen molar-refractivity contribution in [3.8, 4) is 22.8 Å². The highest BCUT2D eigenvalue weighted by Crippen LogP contribution is 2.41. The van der Waals surface area contributed by atoms with E-state index in [1.807, 2.05) is 49.4 Å². The predicted octanol–water partition coefficient (Wildman–Crippen LogP) is 5.07. The molecule has 3 nitrogen and oxygen atoms in total. The van der Waals surface area contributed by atoms with Crippen LogP contribution < -0.4 is 9.47 Å². The van der Waals surface area contributed by atoms with Gasteiger partial charge in [-0.25, -0.2) is 4.42 Å². The second-order valence-electron chi connectivity index (χ2n) is 4.96. The molecule has 21 heavy (non-hydrogen) atoms. The Labute approximate surface area is 126 Å². The van der Waals surface area contributed by atoms with E-state index >= 15 is 0 Å². The molecule has 104 valence electrons. The molecule has 0 N–H and O–H groups in total. The zero-order valence-corrected chi connectivity index (χ0v) is 12.1. The molecule has 0 amide bonds. The number of hydrogen-bond acceptors (Lipinski definition) is 2. The SMILES string of the molecule is Cc1cc2cc3c(cc2c(-c2ccccc2Cl)[o+]1)OCO3. The smallest absolute Gasteiger partial charge is 0.369 e. The molecule has 1 aliphatic heterocycles. The third kappa shape index (κ3) is 2.01. The van der Waals surface area contributed by atoms with Gasteiger partial charge in [-0.1, -0.05) is 23.7 Å². The quantitative estimate of drug-likeness (QED) is 0.587. The molecule has 1 aromatic heterocycles. The summed E-state index contributed by atoms with van der Waals surface area (Å²) in [5, 5.41) is 2.65. The Kier molecular flexibility index (Phi) is 2.76. The van der Waals surface area contributed by atoms with Crippen LogP contribution in [0.4, 0.5) is 0 Å². The van der Waals surface area contributed by atoms with Gasteiger partial charge in [-0.05, 0) is 18.2 Å². The predicted molar refractivity (Wildman–Crippen MR) is 81.9 cm³/mol. The number of benzene rings is 2. The highest BCUT2D eigenvalue weighted by Gasteiger charge is 2.25. The second-order valence-corrected chi connectivity index (χ2v) is 5.37. The minimum Gasteiger partial charge on any atom is -0.454 e. The Morgan fingerprint density at radius 2 is 1.81 bits per heavy atom.